The number of carbonyl (C=O) groups excluding carboxylic acids is 3. The molecule has 38 heavy (non-hydrogen) atoms. The van der Waals surface area contributed by atoms with Crippen molar-refractivity contribution in [3.8, 4) is 11.5 Å². The molecular formula is C30H33NO7. The molecule has 2 aromatic carbocycles. The zero-order valence-electron chi connectivity index (χ0n) is 22.3. The third-order valence-corrected chi connectivity index (χ3v) is 7.03. The zero-order valence-corrected chi connectivity index (χ0v) is 22.3. The van der Waals surface area contributed by atoms with Crippen LogP contribution in [-0.4, -0.2) is 45.2 Å². The van der Waals surface area contributed by atoms with E-state index in [1.807, 2.05) is 36.4 Å². The minimum Gasteiger partial charge on any atom is -0.497 e. The van der Waals surface area contributed by atoms with Gasteiger partial charge in [0, 0.05) is 28.8 Å². The van der Waals surface area contributed by atoms with Crippen molar-refractivity contribution in [2.75, 3.05) is 27.4 Å². The summed E-state index contributed by atoms with van der Waals surface area (Å²) in [5, 5.41) is 3.31. The first kappa shape index (κ1) is 27.0. The molecule has 8 nitrogen and oxygen atoms in total. The van der Waals surface area contributed by atoms with Crippen LogP contribution in [0.15, 0.2) is 71.1 Å². The Labute approximate surface area is 222 Å². The minimum atomic E-state index is -1.08. The van der Waals surface area contributed by atoms with E-state index in [2.05, 4.69) is 5.32 Å². The lowest BCUT2D eigenvalue weighted by Crippen LogP contribution is -2.43. The highest BCUT2D eigenvalue weighted by Gasteiger charge is 2.49. The molecular weight excluding hydrogens is 486 g/mol. The van der Waals surface area contributed by atoms with Crippen molar-refractivity contribution in [2.24, 2.45) is 5.92 Å². The standard InChI is InChI=1S/C30H33NO7/c1-6-37-29(33)24-17(3)31-23-16-22(19-9-8-10-21(15-19)36-5)26(30(34)38-7-2)28(32)27(23)25(24)18-11-13-20(35-4)14-12-18/h8-15,22,25-26,31H,6-7,16H2,1-5H3/t22-,25-,26+/m0/s1. The average Bonchev–Trinajstić information content (AvgIpc) is 2.92. The molecule has 3 atom stereocenters. The van der Waals surface area contributed by atoms with Gasteiger partial charge >= 0.3 is 11.9 Å². The SMILES string of the molecule is CCOC(=O)C1=C(C)NC2=C(C(=O)[C@H](C(=O)OCC)[C@H](c3cccc(OC)c3)C2)[C@H]1c1ccc(OC)cc1. The molecule has 1 aliphatic carbocycles. The van der Waals surface area contributed by atoms with E-state index in [4.69, 9.17) is 18.9 Å². The van der Waals surface area contributed by atoms with Gasteiger partial charge in [-0.3, -0.25) is 9.59 Å². The number of hydrogen-bond donors (Lipinski definition) is 1. The molecule has 200 valence electrons. The second-order valence-electron chi connectivity index (χ2n) is 9.16. The van der Waals surface area contributed by atoms with Crippen molar-refractivity contribution in [3.05, 3.63) is 82.2 Å². The van der Waals surface area contributed by atoms with Crippen molar-refractivity contribution < 1.29 is 33.3 Å². The monoisotopic (exact) mass is 519 g/mol. The van der Waals surface area contributed by atoms with Crippen molar-refractivity contribution in [3.63, 3.8) is 0 Å². The van der Waals surface area contributed by atoms with Crippen LogP contribution in [0.5, 0.6) is 11.5 Å². The molecule has 0 amide bonds. The molecule has 0 unspecified atom stereocenters. The molecule has 1 N–H and O–H groups in total. The Balaban J connectivity index is 1.89. The van der Waals surface area contributed by atoms with Gasteiger partial charge in [0.25, 0.3) is 0 Å². The summed E-state index contributed by atoms with van der Waals surface area (Å²) in [6, 6.07) is 14.6. The van der Waals surface area contributed by atoms with Crippen LogP contribution in [0.1, 0.15) is 50.2 Å². The molecule has 8 heteroatoms. The Kier molecular flexibility index (Phi) is 8.20. The van der Waals surface area contributed by atoms with E-state index in [1.54, 1.807) is 47.1 Å². The summed E-state index contributed by atoms with van der Waals surface area (Å²) in [4.78, 5) is 40.8. The molecule has 0 saturated heterocycles. The highest BCUT2D eigenvalue weighted by Crippen LogP contribution is 2.48. The quantitative estimate of drug-likeness (QED) is 0.404. The molecule has 0 spiro atoms. The van der Waals surface area contributed by atoms with Gasteiger partial charge in [0.15, 0.2) is 5.78 Å². The summed E-state index contributed by atoms with van der Waals surface area (Å²) in [6.07, 6.45) is 0.373. The van der Waals surface area contributed by atoms with Crippen LogP contribution in [0.25, 0.3) is 0 Å². The second kappa shape index (κ2) is 11.5. The molecule has 4 rings (SSSR count). The normalized spacial score (nSPS) is 20.9. The Bertz CT molecular complexity index is 1290. The fourth-order valence-corrected chi connectivity index (χ4v) is 5.33. The Hall–Kier alpha value is -4.07. The van der Waals surface area contributed by atoms with E-state index in [0.29, 0.717) is 40.5 Å². The smallest absolute Gasteiger partial charge is 0.336 e. The molecule has 0 fully saturated rings. The Morgan fingerprint density at radius 1 is 0.921 bits per heavy atom. The number of hydrogen-bond acceptors (Lipinski definition) is 8. The number of ketones is 1. The summed E-state index contributed by atoms with van der Waals surface area (Å²) >= 11 is 0. The highest BCUT2D eigenvalue weighted by molar-refractivity contribution is 6.13. The van der Waals surface area contributed by atoms with Gasteiger partial charge in [0.05, 0.1) is 33.0 Å². The van der Waals surface area contributed by atoms with Crippen LogP contribution in [0.4, 0.5) is 0 Å². The lowest BCUT2D eigenvalue weighted by atomic mass is 9.67. The number of nitrogens with one attached hydrogen (secondary N) is 1. The van der Waals surface area contributed by atoms with Gasteiger partial charge < -0.3 is 24.3 Å². The molecule has 2 aliphatic rings. The van der Waals surface area contributed by atoms with Crippen molar-refractivity contribution in [2.45, 2.75) is 39.0 Å². The second-order valence-corrected chi connectivity index (χ2v) is 9.16. The summed E-state index contributed by atoms with van der Waals surface area (Å²) < 4.78 is 21.5. The zero-order chi connectivity index (χ0) is 27.4. The van der Waals surface area contributed by atoms with Crippen LogP contribution in [0.3, 0.4) is 0 Å². The third-order valence-electron chi connectivity index (χ3n) is 7.03. The third kappa shape index (κ3) is 5.03. The van der Waals surface area contributed by atoms with Crippen LogP contribution in [-0.2, 0) is 23.9 Å². The topological polar surface area (TPSA) is 100 Å². The number of dihydropyridines is 1. The summed E-state index contributed by atoms with van der Waals surface area (Å²) in [7, 11) is 3.14. The number of methoxy groups -OCH3 is 2. The van der Waals surface area contributed by atoms with E-state index >= 15 is 0 Å². The molecule has 0 saturated carbocycles. The minimum absolute atomic E-state index is 0.145. The maximum Gasteiger partial charge on any atom is 0.336 e. The maximum absolute atomic E-state index is 14.3. The van der Waals surface area contributed by atoms with Gasteiger partial charge in [-0.2, -0.15) is 0 Å². The van der Waals surface area contributed by atoms with Gasteiger partial charge in [-0.1, -0.05) is 24.3 Å². The largest absolute Gasteiger partial charge is 0.497 e. The Morgan fingerprint density at radius 2 is 1.61 bits per heavy atom. The Morgan fingerprint density at radius 3 is 2.24 bits per heavy atom. The first-order valence-electron chi connectivity index (χ1n) is 12.7. The number of carbonyl (C=O) groups is 3. The van der Waals surface area contributed by atoms with Crippen molar-refractivity contribution in [1.29, 1.82) is 0 Å². The predicted octanol–water partition coefficient (Wildman–Crippen LogP) is 4.42. The van der Waals surface area contributed by atoms with Gasteiger partial charge in [-0.05, 0) is 62.6 Å². The molecule has 2 aromatic rings. The maximum atomic E-state index is 14.3. The number of esters is 2. The van der Waals surface area contributed by atoms with Crippen LogP contribution in [0, 0.1) is 5.92 Å². The first-order chi connectivity index (χ1) is 18.3. The number of benzene rings is 2. The summed E-state index contributed by atoms with van der Waals surface area (Å²) in [6.45, 7) is 5.58. The van der Waals surface area contributed by atoms with Crippen molar-refractivity contribution >= 4 is 17.7 Å². The fourth-order valence-electron chi connectivity index (χ4n) is 5.33. The van der Waals surface area contributed by atoms with Gasteiger partial charge in [0.1, 0.15) is 17.4 Å². The van der Waals surface area contributed by atoms with E-state index in [1.165, 1.54) is 0 Å². The summed E-state index contributed by atoms with van der Waals surface area (Å²) in [5.74, 6) is -2.47. The molecule has 1 aliphatic heterocycles. The average molecular weight is 520 g/mol. The summed E-state index contributed by atoms with van der Waals surface area (Å²) in [5.41, 5.74) is 3.51. The molecule has 0 bridgehead atoms. The van der Waals surface area contributed by atoms with E-state index in [9.17, 15) is 14.4 Å². The number of allylic oxidation sites excluding steroid dienone is 3. The van der Waals surface area contributed by atoms with Crippen molar-refractivity contribution in [1.82, 2.24) is 5.32 Å². The lowest BCUT2D eigenvalue weighted by molar-refractivity contribution is -0.152. The number of rotatable bonds is 8. The number of Topliss-reactive ketones (excluding diaryl/α,β-unsaturated/α-hetero) is 1. The molecule has 1 heterocycles. The molecule has 0 aromatic heterocycles. The molecule has 0 radical (unpaired) electrons. The fraction of sp³-hybridized carbons (Fsp3) is 0.367. The van der Waals surface area contributed by atoms with Gasteiger partial charge in [-0.25, -0.2) is 4.79 Å². The highest BCUT2D eigenvalue weighted by atomic mass is 16.5. The van der Waals surface area contributed by atoms with Gasteiger partial charge in [0.2, 0.25) is 0 Å². The predicted molar refractivity (Wildman–Crippen MR) is 141 cm³/mol. The first-order valence-corrected chi connectivity index (χ1v) is 12.7. The van der Waals surface area contributed by atoms with E-state index in [0.717, 1.165) is 11.1 Å². The van der Waals surface area contributed by atoms with Crippen LogP contribution < -0.4 is 14.8 Å². The van der Waals surface area contributed by atoms with E-state index in [-0.39, 0.29) is 19.0 Å². The van der Waals surface area contributed by atoms with Crippen LogP contribution >= 0.6 is 0 Å². The number of ether oxygens (including phenoxy) is 4. The van der Waals surface area contributed by atoms with Gasteiger partial charge in [-0.15, -0.1) is 0 Å². The lowest BCUT2D eigenvalue weighted by Gasteiger charge is -2.39. The van der Waals surface area contributed by atoms with Crippen LogP contribution in [0.2, 0.25) is 0 Å². The van der Waals surface area contributed by atoms with E-state index < -0.39 is 29.7 Å².